The van der Waals surface area contributed by atoms with Crippen LogP contribution in [0.1, 0.15) is 29.2 Å². The summed E-state index contributed by atoms with van der Waals surface area (Å²) in [5, 5.41) is 6.39. The van der Waals surface area contributed by atoms with Gasteiger partial charge in [0.25, 0.3) is 0 Å². The molecule has 0 fully saturated rings. The van der Waals surface area contributed by atoms with Crippen molar-refractivity contribution in [2.24, 2.45) is 4.99 Å². The predicted molar refractivity (Wildman–Crippen MR) is 117 cm³/mol. The zero-order valence-electron chi connectivity index (χ0n) is 17.7. The van der Waals surface area contributed by atoms with E-state index in [0.717, 1.165) is 23.2 Å². The first-order valence-corrected chi connectivity index (χ1v) is 10.1. The highest BCUT2D eigenvalue weighted by Gasteiger charge is 2.10. The maximum Gasteiger partial charge on any atom is 0.387 e. The fraction of sp³-hybridized carbons (Fsp3) is 0.304. The van der Waals surface area contributed by atoms with Crippen LogP contribution in [0, 0.1) is 6.92 Å². The standard InChI is InChI=1S/C23H27F2N5O/c1-3-27-23(29-14-20-11-17(2)7-8-21(20)31-22(24)25)28-13-18-5-4-6-19(12-18)15-30-10-9-26-16-30/h4-12,16,22H,3,13-15H2,1-2H3,(H2,27,28,29). The number of rotatable bonds is 9. The van der Waals surface area contributed by atoms with Crippen molar-refractivity contribution >= 4 is 5.96 Å². The highest BCUT2D eigenvalue weighted by molar-refractivity contribution is 5.79. The minimum Gasteiger partial charge on any atom is -0.434 e. The van der Waals surface area contributed by atoms with E-state index in [9.17, 15) is 8.78 Å². The van der Waals surface area contributed by atoms with E-state index in [-0.39, 0.29) is 5.75 Å². The van der Waals surface area contributed by atoms with E-state index >= 15 is 0 Å². The molecule has 2 N–H and O–H groups in total. The number of imidazole rings is 1. The summed E-state index contributed by atoms with van der Waals surface area (Å²) in [4.78, 5) is 8.70. The molecule has 2 aromatic carbocycles. The van der Waals surface area contributed by atoms with E-state index in [0.29, 0.717) is 31.2 Å². The third kappa shape index (κ3) is 7.09. The topological polar surface area (TPSA) is 63.5 Å². The van der Waals surface area contributed by atoms with Crippen molar-refractivity contribution in [3.05, 3.63) is 83.4 Å². The highest BCUT2D eigenvalue weighted by Crippen LogP contribution is 2.22. The van der Waals surface area contributed by atoms with E-state index in [1.165, 1.54) is 0 Å². The summed E-state index contributed by atoms with van der Waals surface area (Å²) in [5.41, 5.74) is 3.85. The van der Waals surface area contributed by atoms with Crippen LogP contribution >= 0.6 is 0 Å². The van der Waals surface area contributed by atoms with Crippen molar-refractivity contribution < 1.29 is 13.5 Å². The van der Waals surface area contributed by atoms with Crippen LogP contribution in [-0.4, -0.2) is 28.7 Å². The van der Waals surface area contributed by atoms with Gasteiger partial charge in [-0.25, -0.2) is 9.98 Å². The summed E-state index contributed by atoms with van der Waals surface area (Å²) in [6.45, 7) is 3.25. The van der Waals surface area contributed by atoms with E-state index in [1.807, 2.05) is 42.8 Å². The average Bonchev–Trinajstić information content (AvgIpc) is 3.25. The Bertz CT molecular complexity index is 989. The van der Waals surface area contributed by atoms with Crippen molar-refractivity contribution in [1.29, 1.82) is 0 Å². The zero-order valence-corrected chi connectivity index (χ0v) is 17.7. The average molecular weight is 427 g/mol. The van der Waals surface area contributed by atoms with Crippen LogP contribution < -0.4 is 15.4 Å². The number of aliphatic imine (C=N–C) groups is 1. The molecule has 6 nitrogen and oxygen atoms in total. The number of hydrogen-bond donors (Lipinski definition) is 2. The molecule has 0 saturated carbocycles. The lowest BCUT2D eigenvalue weighted by atomic mass is 10.1. The molecular formula is C23H27F2N5O. The van der Waals surface area contributed by atoms with Crippen molar-refractivity contribution in [3.63, 3.8) is 0 Å². The number of hydrogen-bond acceptors (Lipinski definition) is 3. The number of ether oxygens (including phenoxy) is 1. The molecule has 0 radical (unpaired) electrons. The first-order chi connectivity index (χ1) is 15.0. The molecule has 0 aliphatic carbocycles. The van der Waals surface area contributed by atoms with E-state index < -0.39 is 6.61 Å². The number of halogens is 2. The molecule has 0 bridgehead atoms. The lowest BCUT2D eigenvalue weighted by molar-refractivity contribution is -0.0504. The van der Waals surface area contributed by atoms with Crippen LogP contribution in [-0.2, 0) is 19.6 Å². The van der Waals surface area contributed by atoms with Crippen LogP contribution in [0.3, 0.4) is 0 Å². The summed E-state index contributed by atoms with van der Waals surface area (Å²) in [6.07, 6.45) is 5.47. The summed E-state index contributed by atoms with van der Waals surface area (Å²) < 4.78 is 32.0. The van der Waals surface area contributed by atoms with Gasteiger partial charge in [0, 0.05) is 37.6 Å². The first kappa shape index (κ1) is 22.3. The second kappa shape index (κ2) is 11.1. The van der Waals surface area contributed by atoms with Gasteiger partial charge in [-0.05, 0) is 31.0 Å². The largest absolute Gasteiger partial charge is 0.434 e. The van der Waals surface area contributed by atoms with Crippen LogP contribution in [0.4, 0.5) is 8.78 Å². The predicted octanol–water partition coefficient (Wildman–Crippen LogP) is 4.10. The minimum atomic E-state index is -2.86. The third-order valence-corrected chi connectivity index (χ3v) is 4.56. The Hall–Kier alpha value is -3.42. The molecule has 3 aromatic rings. The molecular weight excluding hydrogens is 400 g/mol. The Morgan fingerprint density at radius 3 is 2.74 bits per heavy atom. The van der Waals surface area contributed by atoms with Crippen molar-refractivity contribution in [2.75, 3.05) is 6.54 Å². The highest BCUT2D eigenvalue weighted by atomic mass is 19.3. The molecule has 0 amide bonds. The molecule has 1 heterocycles. The van der Waals surface area contributed by atoms with E-state index in [4.69, 9.17) is 0 Å². The van der Waals surface area contributed by atoms with Crippen molar-refractivity contribution in [2.45, 2.75) is 40.1 Å². The Labute approximate surface area is 181 Å². The number of guanidine groups is 1. The molecule has 1 aromatic heterocycles. The molecule has 31 heavy (non-hydrogen) atoms. The van der Waals surface area contributed by atoms with Gasteiger partial charge in [0.2, 0.25) is 0 Å². The van der Waals surface area contributed by atoms with Crippen LogP contribution in [0.15, 0.2) is 66.2 Å². The summed E-state index contributed by atoms with van der Waals surface area (Å²) in [6, 6.07) is 13.4. The fourth-order valence-corrected chi connectivity index (χ4v) is 3.17. The van der Waals surface area contributed by atoms with Gasteiger partial charge in [-0.15, -0.1) is 0 Å². The molecule has 0 aliphatic heterocycles. The van der Waals surface area contributed by atoms with Gasteiger partial charge >= 0.3 is 6.61 Å². The molecule has 0 aliphatic rings. The molecule has 164 valence electrons. The van der Waals surface area contributed by atoms with Crippen molar-refractivity contribution in [3.8, 4) is 5.75 Å². The van der Waals surface area contributed by atoms with E-state index in [1.54, 1.807) is 24.7 Å². The Morgan fingerprint density at radius 2 is 2.00 bits per heavy atom. The number of alkyl halides is 2. The summed E-state index contributed by atoms with van der Waals surface area (Å²) in [7, 11) is 0. The number of nitrogens with zero attached hydrogens (tertiary/aromatic N) is 3. The summed E-state index contributed by atoms with van der Waals surface area (Å²) in [5.74, 6) is 0.767. The Balaban J connectivity index is 1.66. The van der Waals surface area contributed by atoms with Gasteiger partial charge in [-0.2, -0.15) is 8.78 Å². The fourth-order valence-electron chi connectivity index (χ4n) is 3.17. The van der Waals surface area contributed by atoms with Crippen LogP contribution in [0.2, 0.25) is 0 Å². The van der Waals surface area contributed by atoms with Gasteiger partial charge in [0.1, 0.15) is 5.75 Å². The van der Waals surface area contributed by atoms with Gasteiger partial charge in [0.05, 0.1) is 12.9 Å². The van der Waals surface area contributed by atoms with Crippen LogP contribution in [0.5, 0.6) is 5.75 Å². The lowest BCUT2D eigenvalue weighted by Crippen LogP contribution is -2.36. The maximum absolute atomic E-state index is 12.7. The molecule has 3 rings (SSSR count). The molecule has 8 heteroatoms. The third-order valence-electron chi connectivity index (χ3n) is 4.56. The maximum atomic E-state index is 12.7. The minimum absolute atomic E-state index is 0.163. The number of aryl methyl sites for hydroxylation is 1. The van der Waals surface area contributed by atoms with Gasteiger partial charge in [0.15, 0.2) is 5.96 Å². The second-order valence-corrected chi connectivity index (χ2v) is 7.09. The number of benzene rings is 2. The monoisotopic (exact) mass is 427 g/mol. The molecule has 0 unspecified atom stereocenters. The van der Waals surface area contributed by atoms with Gasteiger partial charge < -0.3 is 19.9 Å². The van der Waals surface area contributed by atoms with Gasteiger partial charge in [-0.3, -0.25) is 0 Å². The van der Waals surface area contributed by atoms with E-state index in [2.05, 4.69) is 37.5 Å². The SMILES string of the molecule is CCNC(=NCc1cccc(Cn2ccnc2)c1)NCc1cc(C)ccc1OC(F)F. The Kier molecular flexibility index (Phi) is 7.98. The molecule has 0 spiro atoms. The Morgan fingerprint density at radius 1 is 1.16 bits per heavy atom. The quantitative estimate of drug-likeness (QED) is 0.399. The lowest BCUT2D eigenvalue weighted by Gasteiger charge is -2.15. The zero-order chi connectivity index (χ0) is 22.1. The normalized spacial score (nSPS) is 11.6. The first-order valence-electron chi connectivity index (χ1n) is 10.1. The van der Waals surface area contributed by atoms with Crippen LogP contribution in [0.25, 0.3) is 0 Å². The molecule has 0 atom stereocenters. The smallest absolute Gasteiger partial charge is 0.387 e. The van der Waals surface area contributed by atoms with Gasteiger partial charge in [-0.1, -0.05) is 42.0 Å². The number of nitrogens with one attached hydrogen (secondary N) is 2. The molecule has 0 saturated heterocycles. The summed E-state index contributed by atoms with van der Waals surface area (Å²) >= 11 is 0. The number of aromatic nitrogens is 2. The van der Waals surface area contributed by atoms with Crippen molar-refractivity contribution in [1.82, 2.24) is 20.2 Å². The second-order valence-electron chi connectivity index (χ2n) is 7.09.